The van der Waals surface area contributed by atoms with Crippen LogP contribution in [0.25, 0.3) is 0 Å². The molecule has 0 aromatic heterocycles. The molecule has 1 atom stereocenters. The number of urea groups is 1. The average molecular weight is 196 g/mol. The van der Waals surface area contributed by atoms with Crippen molar-refractivity contribution in [3.8, 4) is 0 Å². The fourth-order valence-corrected chi connectivity index (χ4v) is 2.31. The lowest BCUT2D eigenvalue weighted by Crippen LogP contribution is -2.41. The van der Waals surface area contributed by atoms with Gasteiger partial charge < -0.3 is 5.32 Å². The number of nitrogens with zero attached hydrogens (tertiary/aromatic N) is 1. The Kier molecular flexibility index (Phi) is 2.44. The van der Waals surface area contributed by atoms with Gasteiger partial charge in [-0.05, 0) is 19.8 Å². The first kappa shape index (κ1) is 9.49. The number of carbonyl (C=O) groups is 2. The first-order valence-electron chi connectivity index (χ1n) is 5.33. The molecule has 2 aliphatic rings. The summed E-state index contributed by atoms with van der Waals surface area (Å²) < 4.78 is 0. The maximum absolute atomic E-state index is 11.7. The minimum atomic E-state index is -0.329. The lowest BCUT2D eigenvalue weighted by Gasteiger charge is -2.28. The standard InChI is InChI=1S/C10H16N2O2/c1-7-9(13)12(10(14)11-7)8-5-3-2-4-6-8/h7-8H,2-6H2,1H3,(H,11,14). The number of amides is 3. The average Bonchev–Trinajstić information content (AvgIpc) is 2.43. The van der Waals surface area contributed by atoms with Crippen molar-refractivity contribution in [3.05, 3.63) is 0 Å². The van der Waals surface area contributed by atoms with Gasteiger partial charge in [-0.15, -0.1) is 0 Å². The van der Waals surface area contributed by atoms with E-state index in [0.717, 1.165) is 25.7 Å². The second-order valence-electron chi connectivity index (χ2n) is 4.17. The van der Waals surface area contributed by atoms with E-state index < -0.39 is 0 Å². The van der Waals surface area contributed by atoms with Crippen LogP contribution in [0, 0.1) is 0 Å². The molecule has 1 aliphatic carbocycles. The zero-order chi connectivity index (χ0) is 10.1. The van der Waals surface area contributed by atoms with Gasteiger partial charge in [0.15, 0.2) is 0 Å². The Labute approximate surface area is 83.6 Å². The number of hydrogen-bond donors (Lipinski definition) is 1. The molecular formula is C10H16N2O2. The molecule has 1 aliphatic heterocycles. The van der Waals surface area contributed by atoms with Gasteiger partial charge in [0.25, 0.3) is 5.91 Å². The molecule has 1 saturated carbocycles. The highest BCUT2D eigenvalue weighted by atomic mass is 16.2. The van der Waals surface area contributed by atoms with Crippen LogP contribution in [0.1, 0.15) is 39.0 Å². The molecule has 4 heteroatoms. The summed E-state index contributed by atoms with van der Waals surface area (Å²) in [5, 5.41) is 2.65. The Balaban J connectivity index is 2.08. The van der Waals surface area contributed by atoms with Crippen LogP contribution in [0.4, 0.5) is 4.79 Å². The third-order valence-corrected chi connectivity index (χ3v) is 3.11. The van der Waals surface area contributed by atoms with E-state index in [1.54, 1.807) is 6.92 Å². The van der Waals surface area contributed by atoms with Gasteiger partial charge in [-0.1, -0.05) is 19.3 Å². The van der Waals surface area contributed by atoms with E-state index in [-0.39, 0.29) is 24.0 Å². The number of imide groups is 1. The summed E-state index contributed by atoms with van der Waals surface area (Å²) in [5.41, 5.74) is 0. The van der Waals surface area contributed by atoms with Crippen LogP contribution < -0.4 is 5.32 Å². The Morgan fingerprint density at radius 3 is 2.36 bits per heavy atom. The third-order valence-electron chi connectivity index (χ3n) is 3.11. The fourth-order valence-electron chi connectivity index (χ4n) is 2.31. The van der Waals surface area contributed by atoms with E-state index in [1.807, 2.05) is 0 Å². The minimum Gasteiger partial charge on any atom is -0.326 e. The predicted molar refractivity (Wildman–Crippen MR) is 51.7 cm³/mol. The number of hydrogen-bond acceptors (Lipinski definition) is 2. The summed E-state index contributed by atoms with van der Waals surface area (Å²) in [5.74, 6) is -0.0538. The quantitative estimate of drug-likeness (QED) is 0.642. The Hall–Kier alpha value is -1.06. The van der Waals surface area contributed by atoms with E-state index in [9.17, 15) is 9.59 Å². The Morgan fingerprint density at radius 2 is 1.86 bits per heavy atom. The molecule has 0 radical (unpaired) electrons. The molecule has 0 aromatic rings. The van der Waals surface area contributed by atoms with Crippen molar-refractivity contribution in [2.45, 2.75) is 51.1 Å². The molecule has 14 heavy (non-hydrogen) atoms. The van der Waals surface area contributed by atoms with E-state index in [1.165, 1.54) is 11.3 Å². The van der Waals surface area contributed by atoms with Gasteiger partial charge in [0.05, 0.1) is 0 Å². The van der Waals surface area contributed by atoms with Gasteiger partial charge in [-0.3, -0.25) is 9.69 Å². The van der Waals surface area contributed by atoms with Crippen molar-refractivity contribution in [2.24, 2.45) is 0 Å². The maximum atomic E-state index is 11.7. The van der Waals surface area contributed by atoms with Gasteiger partial charge in [-0.2, -0.15) is 0 Å². The summed E-state index contributed by atoms with van der Waals surface area (Å²) in [6.07, 6.45) is 5.46. The summed E-state index contributed by atoms with van der Waals surface area (Å²) in [7, 11) is 0. The van der Waals surface area contributed by atoms with Gasteiger partial charge in [0.1, 0.15) is 6.04 Å². The van der Waals surface area contributed by atoms with Crippen molar-refractivity contribution in [1.29, 1.82) is 0 Å². The Bertz CT molecular complexity index is 259. The summed E-state index contributed by atoms with van der Waals surface area (Å²) in [4.78, 5) is 24.6. The molecule has 1 N–H and O–H groups in total. The van der Waals surface area contributed by atoms with Crippen LogP contribution in [-0.4, -0.2) is 28.9 Å². The minimum absolute atomic E-state index is 0.0538. The van der Waals surface area contributed by atoms with Crippen molar-refractivity contribution < 1.29 is 9.59 Å². The first-order chi connectivity index (χ1) is 6.70. The molecule has 1 heterocycles. The van der Waals surface area contributed by atoms with E-state index >= 15 is 0 Å². The van der Waals surface area contributed by atoms with Crippen LogP contribution >= 0.6 is 0 Å². The van der Waals surface area contributed by atoms with E-state index in [4.69, 9.17) is 0 Å². The summed E-state index contributed by atoms with van der Waals surface area (Å²) >= 11 is 0. The zero-order valence-corrected chi connectivity index (χ0v) is 8.45. The lowest BCUT2D eigenvalue weighted by atomic mass is 9.94. The smallest absolute Gasteiger partial charge is 0.325 e. The number of carbonyl (C=O) groups excluding carboxylic acids is 2. The van der Waals surface area contributed by atoms with Crippen molar-refractivity contribution in [2.75, 3.05) is 0 Å². The molecule has 1 unspecified atom stereocenters. The van der Waals surface area contributed by atoms with Gasteiger partial charge in [0.2, 0.25) is 0 Å². The van der Waals surface area contributed by atoms with Gasteiger partial charge in [0, 0.05) is 6.04 Å². The molecular weight excluding hydrogens is 180 g/mol. The van der Waals surface area contributed by atoms with Crippen LogP contribution in [0.5, 0.6) is 0 Å². The van der Waals surface area contributed by atoms with Crippen LogP contribution in [-0.2, 0) is 4.79 Å². The van der Waals surface area contributed by atoms with Crippen LogP contribution in [0.15, 0.2) is 0 Å². The summed E-state index contributed by atoms with van der Waals surface area (Å²) in [6.45, 7) is 1.74. The van der Waals surface area contributed by atoms with Gasteiger partial charge >= 0.3 is 6.03 Å². The molecule has 4 nitrogen and oxygen atoms in total. The highest BCUT2D eigenvalue weighted by Crippen LogP contribution is 2.25. The van der Waals surface area contributed by atoms with Crippen molar-refractivity contribution in [3.63, 3.8) is 0 Å². The highest BCUT2D eigenvalue weighted by molar-refractivity contribution is 6.04. The zero-order valence-electron chi connectivity index (χ0n) is 8.45. The number of nitrogens with one attached hydrogen (secondary N) is 1. The predicted octanol–water partition coefficient (Wildman–Crippen LogP) is 1.26. The normalized spacial score (nSPS) is 29.5. The van der Waals surface area contributed by atoms with E-state index in [0.29, 0.717) is 0 Å². The number of rotatable bonds is 1. The molecule has 78 valence electrons. The maximum Gasteiger partial charge on any atom is 0.325 e. The monoisotopic (exact) mass is 196 g/mol. The SMILES string of the molecule is CC1NC(=O)N(C2CCCCC2)C1=O. The van der Waals surface area contributed by atoms with Gasteiger partial charge in [-0.25, -0.2) is 4.79 Å². The second-order valence-corrected chi connectivity index (χ2v) is 4.17. The van der Waals surface area contributed by atoms with Crippen LogP contribution in [0.3, 0.4) is 0 Å². The molecule has 1 saturated heterocycles. The van der Waals surface area contributed by atoms with E-state index in [2.05, 4.69) is 5.32 Å². The van der Waals surface area contributed by atoms with Crippen molar-refractivity contribution >= 4 is 11.9 Å². The van der Waals surface area contributed by atoms with Crippen LogP contribution in [0.2, 0.25) is 0 Å². The largest absolute Gasteiger partial charge is 0.326 e. The second kappa shape index (κ2) is 3.59. The van der Waals surface area contributed by atoms with Crippen molar-refractivity contribution in [1.82, 2.24) is 10.2 Å². The molecule has 3 amide bonds. The topological polar surface area (TPSA) is 49.4 Å². The molecule has 0 spiro atoms. The lowest BCUT2D eigenvalue weighted by molar-refractivity contribution is -0.129. The Morgan fingerprint density at radius 1 is 1.21 bits per heavy atom. The summed E-state index contributed by atoms with van der Waals surface area (Å²) in [6, 6.07) is -0.375. The molecule has 0 bridgehead atoms. The highest BCUT2D eigenvalue weighted by Gasteiger charge is 2.39. The first-order valence-corrected chi connectivity index (χ1v) is 5.33. The third kappa shape index (κ3) is 1.49. The molecule has 2 fully saturated rings. The molecule has 2 rings (SSSR count). The molecule has 0 aromatic carbocycles. The fraction of sp³-hybridized carbons (Fsp3) is 0.800.